The predicted molar refractivity (Wildman–Crippen MR) is 66.3 cm³/mol. The molecule has 0 radical (unpaired) electrons. The van der Waals surface area contributed by atoms with E-state index < -0.39 is 11.9 Å². The van der Waals surface area contributed by atoms with Gasteiger partial charge in [0.15, 0.2) is 0 Å². The molecule has 1 unspecified atom stereocenters. The third kappa shape index (κ3) is 3.09. The zero-order chi connectivity index (χ0) is 13.9. The number of carboxylic acids is 1. The minimum Gasteiger partial charge on any atom is -0.481 e. The Labute approximate surface area is 106 Å². The summed E-state index contributed by atoms with van der Waals surface area (Å²) in [5.74, 6) is -1.68. The average Bonchev–Trinajstić information content (AvgIpc) is 2.69. The number of carbonyl (C=O) groups is 2. The maximum absolute atomic E-state index is 12.2. The Bertz CT molecular complexity index is 453. The van der Waals surface area contributed by atoms with Gasteiger partial charge in [-0.2, -0.15) is 5.10 Å². The van der Waals surface area contributed by atoms with Crippen molar-refractivity contribution in [2.45, 2.75) is 20.3 Å². The Hall–Kier alpha value is -1.85. The SMILES string of the molecule is CCc1nn(C)cc1C(=O)N(C)CC(C)C(=O)O. The van der Waals surface area contributed by atoms with Crippen molar-refractivity contribution >= 4 is 11.9 Å². The molecule has 0 aliphatic rings. The van der Waals surface area contributed by atoms with Crippen LogP contribution in [0.15, 0.2) is 6.20 Å². The van der Waals surface area contributed by atoms with Gasteiger partial charge in [-0.05, 0) is 6.42 Å². The summed E-state index contributed by atoms with van der Waals surface area (Å²) in [5, 5.41) is 13.0. The molecule has 0 saturated heterocycles. The van der Waals surface area contributed by atoms with E-state index in [2.05, 4.69) is 5.10 Å². The molecule has 6 nitrogen and oxygen atoms in total. The third-order valence-electron chi connectivity index (χ3n) is 2.79. The molecule has 1 aromatic heterocycles. The van der Waals surface area contributed by atoms with Gasteiger partial charge in [0.25, 0.3) is 5.91 Å². The first-order valence-electron chi connectivity index (χ1n) is 5.87. The second-order valence-corrected chi connectivity index (χ2v) is 4.44. The molecule has 0 aliphatic carbocycles. The monoisotopic (exact) mass is 253 g/mol. The van der Waals surface area contributed by atoms with Crippen LogP contribution in [0.4, 0.5) is 0 Å². The number of aromatic nitrogens is 2. The second kappa shape index (κ2) is 5.66. The van der Waals surface area contributed by atoms with E-state index in [1.54, 1.807) is 31.9 Å². The first kappa shape index (κ1) is 14.2. The molecular formula is C12H19N3O3. The number of aryl methyl sites for hydroxylation is 2. The van der Waals surface area contributed by atoms with E-state index in [4.69, 9.17) is 5.11 Å². The van der Waals surface area contributed by atoms with Gasteiger partial charge >= 0.3 is 5.97 Å². The number of carboxylic acid groups (broad SMARTS) is 1. The molecule has 1 atom stereocenters. The van der Waals surface area contributed by atoms with Crippen molar-refractivity contribution < 1.29 is 14.7 Å². The number of hydrogen-bond donors (Lipinski definition) is 1. The van der Waals surface area contributed by atoms with Gasteiger partial charge < -0.3 is 10.0 Å². The summed E-state index contributed by atoms with van der Waals surface area (Å²) in [6.07, 6.45) is 2.34. The first-order chi connectivity index (χ1) is 8.36. The van der Waals surface area contributed by atoms with Crippen LogP contribution >= 0.6 is 0 Å². The Morgan fingerprint density at radius 2 is 2.17 bits per heavy atom. The Morgan fingerprint density at radius 1 is 1.56 bits per heavy atom. The van der Waals surface area contributed by atoms with Crippen molar-refractivity contribution in [3.8, 4) is 0 Å². The highest BCUT2D eigenvalue weighted by Crippen LogP contribution is 2.11. The maximum atomic E-state index is 12.2. The summed E-state index contributed by atoms with van der Waals surface area (Å²) < 4.78 is 1.60. The molecule has 0 saturated carbocycles. The van der Waals surface area contributed by atoms with E-state index >= 15 is 0 Å². The molecule has 1 aromatic rings. The summed E-state index contributed by atoms with van der Waals surface area (Å²) >= 11 is 0. The molecule has 18 heavy (non-hydrogen) atoms. The van der Waals surface area contributed by atoms with Gasteiger partial charge in [0, 0.05) is 26.8 Å². The van der Waals surface area contributed by atoms with Crippen molar-refractivity contribution in [2.75, 3.05) is 13.6 Å². The molecule has 1 heterocycles. The Balaban J connectivity index is 2.83. The minimum atomic E-state index is -0.906. The molecule has 100 valence electrons. The van der Waals surface area contributed by atoms with Crippen LogP contribution in [0, 0.1) is 5.92 Å². The summed E-state index contributed by atoms with van der Waals surface area (Å²) in [6, 6.07) is 0. The highest BCUT2D eigenvalue weighted by molar-refractivity contribution is 5.95. The van der Waals surface area contributed by atoms with Crippen molar-refractivity contribution in [2.24, 2.45) is 13.0 Å². The average molecular weight is 253 g/mol. The van der Waals surface area contributed by atoms with E-state index in [1.807, 2.05) is 6.92 Å². The van der Waals surface area contributed by atoms with Crippen LogP contribution in [0.3, 0.4) is 0 Å². The van der Waals surface area contributed by atoms with Gasteiger partial charge in [-0.25, -0.2) is 0 Å². The van der Waals surface area contributed by atoms with Crippen LogP contribution < -0.4 is 0 Å². The van der Waals surface area contributed by atoms with Crippen LogP contribution in [0.1, 0.15) is 29.9 Å². The van der Waals surface area contributed by atoms with Gasteiger partial charge in [0.2, 0.25) is 0 Å². The lowest BCUT2D eigenvalue weighted by atomic mass is 10.1. The molecule has 0 aliphatic heterocycles. The number of amides is 1. The largest absolute Gasteiger partial charge is 0.481 e. The smallest absolute Gasteiger partial charge is 0.308 e. The summed E-state index contributed by atoms with van der Waals surface area (Å²) in [5.41, 5.74) is 1.28. The van der Waals surface area contributed by atoms with Crippen LogP contribution in [0.2, 0.25) is 0 Å². The highest BCUT2D eigenvalue weighted by atomic mass is 16.4. The van der Waals surface area contributed by atoms with Crippen LogP contribution in [0.5, 0.6) is 0 Å². The van der Waals surface area contributed by atoms with Crippen molar-refractivity contribution in [3.63, 3.8) is 0 Å². The molecule has 1 amide bonds. The van der Waals surface area contributed by atoms with Crippen molar-refractivity contribution in [1.29, 1.82) is 0 Å². The quantitative estimate of drug-likeness (QED) is 0.841. The fourth-order valence-electron chi connectivity index (χ4n) is 1.75. The van der Waals surface area contributed by atoms with E-state index in [1.165, 1.54) is 4.90 Å². The van der Waals surface area contributed by atoms with E-state index in [-0.39, 0.29) is 12.5 Å². The van der Waals surface area contributed by atoms with Crippen LogP contribution in [-0.2, 0) is 18.3 Å². The van der Waals surface area contributed by atoms with Crippen LogP contribution in [-0.4, -0.2) is 45.3 Å². The normalized spacial score (nSPS) is 12.2. The molecule has 1 N–H and O–H groups in total. The fraction of sp³-hybridized carbons (Fsp3) is 0.583. The van der Waals surface area contributed by atoms with Crippen molar-refractivity contribution in [1.82, 2.24) is 14.7 Å². The standard InChI is InChI=1S/C12H19N3O3/c1-5-10-9(7-15(4)13-10)11(16)14(3)6-8(2)12(17)18/h7-8H,5-6H2,1-4H3,(H,17,18). The van der Waals surface area contributed by atoms with E-state index in [9.17, 15) is 9.59 Å². The number of aliphatic carboxylic acids is 1. The van der Waals surface area contributed by atoms with Gasteiger partial charge in [-0.3, -0.25) is 14.3 Å². The van der Waals surface area contributed by atoms with E-state index in [0.717, 1.165) is 5.69 Å². The fourth-order valence-corrected chi connectivity index (χ4v) is 1.75. The molecule has 1 rings (SSSR count). The second-order valence-electron chi connectivity index (χ2n) is 4.44. The zero-order valence-electron chi connectivity index (χ0n) is 11.2. The van der Waals surface area contributed by atoms with E-state index in [0.29, 0.717) is 12.0 Å². The molecule has 0 spiro atoms. The Morgan fingerprint density at radius 3 is 2.67 bits per heavy atom. The number of carbonyl (C=O) groups excluding carboxylic acids is 1. The molecule has 0 bridgehead atoms. The lowest BCUT2D eigenvalue weighted by Gasteiger charge is -2.19. The van der Waals surface area contributed by atoms with Crippen molar-refractivity contribution in [3.05, 3.63) is 17.5 Å². The minimum absolute atomic E-state index is 0.187. The number of nitrogens with zero attached hydrogens (tertiary/aromatic N) is 3. The summed E-state index contributed by atoms with van der Waals surface area (Å²) in [6.45, 7) is 3.70. The lowest BCUT2D eigenvalue weighted by Crippen LogP contribution is -2.34. The first-order valence-corrected chi connectivity index (χ1v) is 5.87. The molecule has 0 fully saturated rings. The number of rotatable bonds is 5. The maximum Gasteiger partial charge on any atom is 0.308 e. The molecular weight excluding hydrogens is 234 g/mol. The lowest BCUT2D eigenvalue weighted by molar-refractivity contribution is -0.141. The topological polar surface area (TPSA) is 75.4 Å². The summed E-state index contributed by atoms with van der Waals surface area (Å²) in [4.78, 5) is 24.4. The molecule has 6 heteroatoms. The Kier molecular flexibility index (Phi) is 4.47. The van der Waals surface area contributed by atoms with Gasteiger partial charge in [-0.15, -0.1) is 0 Å². The van der Waals surface area contributed by atoms with Gasteiger partial charge in [0.05, 0.1) is 17.2 Å². The highest BCUT2D eigenvalue weighted by Gasteiger charge is 2.21. The molecule has 0 aromatic carbocycles. The zero-order valence-corrected chi connectivity index (χ0v) is 11.2. The predicted octanol–water partition coefficient (Wildman–Crippen LogP) is 0.775. The third-order valence-corrected chi connectivity index (χ3v) is 2.79. The summed E-state index contributed by atoms with van der Waals surface area (Å²) in [7, 11) is 3.37. The number of hydrogen-bond acceptors (Lipinski definition) is 3. The van der Waals surface area contributed by atoms with Crippen LogP contribution in [0.25, 0.3) is 0 Å². The van der Waals surface area contributed by atoms with Gasteiger partial charge in [-0.1, -0.05) is 13.8 Å². The van der Waals surface area contributed by atoms with Gasteiger partial charge in [0.1, 0.15) is 0 Å².